The minimum Gasteiger partial charge on any atom is -0.395 e. The van der Waals surface area contributed by atoms with E-state index in [1.807, 2.05) is 41.7 Å². The average molecular weight is 285 g/mol. The van der Waals surface area contributed by atoms with Crippen molar-refractivity contribution in [3.63, 3.8) is 0 Å². The molecule has 5 nitrogen and oxygen atoms in total. The lowest BCUT2D eigenvalue weighted by atomic mass is 10.2. The van der Waals surface area contributed by atoms with Crippen LogP contribution in [0.3, 0.4) is 0 Å². The molecular weight excluding hydrogens is 262 g/mol. The van der Waals surface area contributed by atoms with E-state index >= 15 is 0 Å². The van der Waals surface area contributed by atoms with E-state index in [0.29, 0.717) is 6.54 Å². The predicted octanol–water partition coefficient (Wildman–Crippen LogP) is -0.108. The van der Waals surface area contributed by atoms with Crippen molar-refractivity contribution in [2.75, 3.05) is 40.3 Å². The minimum absolute atomic E-state index is 0.0800. The maximum atomic E-state index is 12.3. The molecule has 0 saturated carbocycles. The molecule has 108 valence electrons. The van der Waals surface area contributed by atoms with E-state index in [1.165, 1.54) is 7.05 Å². The summed E-state index contributed by atoms with van der Waals surface area (Å²) in [5, 5.41) is 9.26. The van der Waals surface area contributed by atoms with Crippen molar-refractivity contribution in [2.24, 2.45) is 5.73 Å². The highest BCUT2D eigenvalue weighted by Crippen LogP contribution is 2.15. The van der Waals surface area contributed by atoms with Crippen LogP contribution in [0.4, 0.5) is 0 Å². The molecule has 0 aliphatic carbocycles. The summed E-state index contributed by atoms with van der Waals surface area (Å²) in [6, 6.07) is 9.54. The van der Waals surface area contributed by atoms with Gasteiger partial charge in [-0.15, -0.1) is 0 Å². The quantitative estimate of drug-likeness (QED) is 0.813. The zero-order valence-electron chi connectivity index (χ0n) is 11.5. The van der Waals surface area contributed by atoms with Crippen LogP contribution in [-0.2, 0) is 11.0 Å². The molecule has 2 atom stereocenters. The van der Waals surface area contributed by atoms with Crippen molar-refractivity contribution in [3.05, 3.63) is 30.3 Å². The van der Waals surface area contributed by atoms with Crippen molar-refractivity contribution >= 4 is 11.0 Å². The van der Waals surface area contributed by atoms with Gasteiger partial charge in [-0.05, 0) is 26.2 Å². The molecule has 1 heterocycles. The third-order valence-corrected chi connectivity index (χ3v) is 4.61. The summed E-state index contributed by atoms with van der Waals surface area (Å²) in [5.74, 6) is 0. The molecule has 1 aliphatic rings. The standard InChI is InChI=1S/C12H18N2O2S.CH5N/c1-13-7-8-14(9-11(13)10-15)17(16)12-5-3-2-4-6-12;1-2/h2-6,11,15H,7-10H2,1H3;2H2,1H3. The van der Waals surface area contributed by atoms with Gasteiger partial charge in [0.25, 0.3) is 0 Å². The third kappa shape index (κ3) is 4.36. The number of aliphatic hydroxyl groups is 1. The summed E-state index contributed by atoms with van der Waals surface area (Å²) in [6.45, 7) is 2.37. The fraction of sp³-hybridized carbons (Fsp3) is 0.538. The lowest BCUT2D eigenvalue weighted by molar-refractivity contribution is 0.0944. The van der Waals surface area contributed by atoms with Crippen LogP contribution >= 0.6 is 0 Å². The first kappa shape index (κ1) is 16.3. The average Bonchev–Trinajstić information content (AvgIpc) is 2.50. The smallest absolute Gasteiger partial charge is 0.127 e. The number of nitrogens with two attached hydrogens (primary N) is 1. The van der Waals surface area contributed by atoms with Gasteiger partial charge in [0, 0.05) is 25.7 Å². The number of benzene rings is 1. The molecule has 0 bridgehead atoms. The second-order valence-electron chi connectivity index (χ2n) is 4.27. The Morgan fingerprint density at radius 1 is 1.32 bits per heavy atom. The summed E-state index contributed by atoms with van der Waals surface area (Å²) in [4.78, 5) is 2.94. The van der Waals surface area contributed by atoms with Crippen LogP contribution in [0.2, 0.25) is 0 Å². The molecule has 6 heteroatoms. The van der Waals surface area contributed by atoms with Gasteiger partial charge in [-0.3, -0.25) is 4.90 Å². The summed E-state index contributed by atoms with van der Waals surface area (Å²) < 4.78 is 14.2. The molecular formula is C13H23N3O2S. The normalized spacial score (nSPS) is 22.4. The van der Waals surface area contributed by atoms with Gasteiger partial charge < -0.3 is 10.8 Å². The van der Waals surface area contributed by atoms with Crippen molar-refractivity contribution < 1.29 is 9.32 Å². The second-order valence-corrected chi connectivity index (χ2v) is 5.75. The van der Waals surface area contributed by atoms with E-state index in [0.717, 1.165) is 18.0 Å². The molecule has 2 unspecified atom stereocenters. The van der Waals surface area contributed by atoms with Crippen molar-refractivity contribution in [1.82, 2.24) is 9.21 Å². The number of hydrogen-bond acceptors (Lipinski definition) is 4. The van der Waals surface area contributed by atoms with Crippen LogP contribution in [0.15, 0.2) is 35.2 Å². The van der Waals surface area contributed by atoms with Gasteiger partial charge in [0.15, 0.2) is 0 Å². The molecule has 3 N–H and O–H groups in total. The topological polar surface area (TPSA) is 69.8 Å². The highest BCUT2D eigenvalue weighted by atomic mass is 32.2. The Bertz CT molecular complexity index is 389. The van der Waals surface area contributed by atoms with E-state index in [2.05, 4.69) is 10.6 Å². The summed E-state index contributed by atoms with van der Waals surface area (Å²) in [5.41, 5.74) is 4.50. The van der Waals surface area contributed by atoms with Crippen LogP contribution in [0.5, 0.6) is 0 Å². The van der Waals surface area contributed by atoms with Crippen LogP contribution in [0.1, 0.15) is 0 Å². The third-order valence-electron chi connectivity index (χ3n) is 3.13. The molecule has 1 aliphatic heterocycles. The first-order chi connectivity index (χ1) is 9.22. The maximum Gasteiger partial charge on any atom is 0.127 e. The summed E-state index contributed by atoms with van der Waals surface area (Å²) in [6.07, 6.45) is 0. The molecule has 1 aromatic carbocycles. The first-order valence-corrected chi connectivity index (χ1v) is 7.43. The molecule has 0 amide bonds. The highest BCUT2D eigenvalue weighted by Gasteiger charge is 2.27. The molecule has 1 saturated heterocycles. The number of hydrogen-bond donors (Lipinski definition) is 2. The van der Waals surface area contributed by atoms with E-state index in [-0.39, 0.29) is 12.6 Å². The number of nitrogens with zero attached hydrogens (tertiary/aromatic N) is 2. The highest BCUT2D eigenvalue weighted by molar-refractivity contribution is 7.82. The van der Waals surface area contributed by atoms with Gasteiger partial charge >= 0.3 is 0 Å². The van der Waals surface area contributed by atoms with Gasteiger partial charge in [-0.2, -0.15) is 0 Å². The van der Waals surface area contributed by atoms with Gasteiger partial charge in [0.1, 0.15) is 11.0 Å². The zero-order chi connectivity index (χ0) is 14.3. The molecule has 2 rings (SSSR count). The first-order valence-electron chi connectivity index (χ1n) is 6.33. The van der Waals surface area contributed by atoms with Crippen LogP contribution in [-0.4, -0.2) is 64.9 Å². The van der Waals surface area contributed by atoms with E-state index in [9.17, 15) is 9.32 Å². The lowest BCUT2D eigenvalue weighted by Gasteiger charge is -2.37. The number of aliphatic hydroxyl groups excluding tert-OH is 1. The van der Waals surface area contributed by atoms with Crippen LogP contribution in [0, 0.1) is 0 Å². The molecule has 0 radical (unpaired) electrons. The van der Waals surface area contributed by atoms with E-state index < -0.39 is 11.0 Å². The SMILES string of the molecule is CN.CN1CCN(S(=O)c2ccccc2)CC1CO. The molecule has 0 aromatic heterocycles. The van der Waals surface area contributed by atoms with Gasteiger partial charge in [-0.25, -0.2) is 8.51 Å². The predicted molar refractivity (Wildman–Crippen MR) is 78.0 cm³/mol. The van der Waals surface area contributed by atoms with E-state index in [1.54, 1.807) is 0 Å². The van der Waals surface area contributed by atoms with Gasteiger partial charge in [0.05, 0.1) is 11.5 Å². The van der Waals surface area contributed by atoms with Crippen molar-refractivity contribution in [1.29, 1.82) is 0 Å². The maximum absolute atomic E-state index is 12.3. The Morgan fingerprint density at radius 3 is 2.53 bits per heavy atom. The van der Waals surface area contributed by atoms with Gasteiger partial charge in [0.2, 0.25) is 0 Å². The molecule has 1 fully saturated rings. The van der Waals surface area contributed by atoms with Gasteiger partial charge in [-0.1, -0.05) is 18.2 Å². The molecule has 19 heavy (non-hydrogen) atoms. The number of likely N-dealkylation sites (N-methyl/N-ethyl adjacent to an activating group) is 1. The largest absolute Gasteiger partial charge is 0.395 e. The Labute approximate surface area is 117 Å². The lowest BCUT2D eigenvalue weighted by Crippen LogP contribution is -2.53. The fourth-order valence-electron chi connectivity index (χ4n) is 1.95. The summed E-state index contributed by atoms with van der Waals surface area (Å²) in [7, 11) is 2.38. The van der Waals surface area contributed by atoms with Crippen LogP contribution < -0.4 is 5.73 Å². The molecule has 0 spiro atoms. The van der Waals surface area contributed by atoms with Crippen LogP contribution in [0.25, 0.3) is 0 Å². The second kappa shape index (κ2) is 8.39. The fourth-order valence-corrected chi connectivity index (χ4v) is 3.19. The zero-order valence-corrected chi connectivity index (χ0v) is 12.3. The summed E-state index contributed by atoms with van der Waals surface area (Å²) >= 11 is 0. The van der Waals surface area contributed by atoms with Crippen molar-refractivity contribution in [3.8, 4) is 0 Å². The Morgan fingerprint density at radius 2 is 1.95 bits per heavy atom. The van der Waals surface area contributed by atoms with Crippen molar-refractivity contribution in [2.45, 2.75) is 10.9 Å². The Balaban J connectivity index is 0.000000861. The van der Waals surface area contributed by atoms with E-state index in [4.69, 9.17) is 0 Å². The number of piperazine rings is 1. The Kier molecular flexibility index (Phi) is 7.19. The monoisotopic (exact) mass is 285 g/mol. The number of rotatable bonds is 3. The Hall–Kier alpha value is -0.790. The molecule has 1 aromatic rings. The minimum atomic E-state index is -1.11.